The van der Waals surface area contributed by atoms with Crippen molar-refractivity contribution in [2.75, 3.05) is 0 Å². The molecule has 0 bridgehead atoms. The molecule has 0 saturated carbocycles. The molecule has 3 heteroatoms. The molecule has 0 N–H and O–H groups in total. The minimum absolute atomic E-state index is 0.779. The van der Waals surface area contributed by atoms with Crippen molar-refractivity contribution in [2.45, 2.75) is 13.3 Å². The molecule has 0 amide bonds. The van der Waals surface area contributed by atoms with Gasteiger partial charge in [0.15, 0.2) is 6.29 Å². The van der Waals surface area contributed by atoms with E-state index in [1.807, 2.05) is 6.07 Å². The number of hydrogen-bond donors (Lipinski definition) is 0. The maximum absolute atomic E-state index is 10.8. The average molecular weight is 269 g/mol. The van der Waals surface area contributed by atoms with Gasteiger partial charge in [-0.05, 0) is 34.0 Å². The summed E-state index contributed by atoms with van der Waals surface area (Å²) in [5, 5.41) is 1.20. The van der Waals surface area contributed by atoms with Crippen LogP contribution in [0.1, 0.15) is 22.2 Å². The highest BCUT2D eigenvalue weighted by atomic mass is 79.9. The van der Waals surface area contributed by atoms with Gasteiger partial charge < -0.3 is 0 Å². The number of aryl methyl sites for hydroxylation is 1. The van der Waals surface area contributed by atoms with Crippen molar-refractivity contribution in [3.8, 4) is 0 Å². The highest BCUT2D eigenvalue weighted by Crippen LogP contribution is 2.36. The van der Waals surface area contributed by atoms with Crippen molar-refractivity contribution < 1.29 is 4.79 Å². The topological polar surface area (TPSA) is 17.1 Å². The quantitative estimate of drug-likeness (QED) is 0.752. The van der Waals surface area contributed by atoms with Crippen LogP contribution in [0, 0.1) is 0 Å². The molecule has 0 saturated heterocycles. The van der Waals surface area contributed by atoms with E-state index in [1.54, 1.807) is 0 Å². The van der Waals surface area contributed by atoms with Gasteiger partial charge in [-0.3, -0.25) is 4.79 Å². The molecule has 0 unspecified atom stereocenters. The van der Waals surface area contributed by atoms with Crippen molar-refractivity contribution in [3.05, 3.63) is 33.1 Å². The van der Waals surface area contributed by atoms with Crippen LogP contribution in [0.4, 0.5) is 0 Å². The number of hydrogen-bond acceptors (Lipinski definition) is 2. The molecule has 0 spiro atoms. The van der Waals surface area contributed by atoms with Crippen LogP contribution in [0.5, 0.6) is 0 Å². The third kappa shape index (κ3) is 1.41. The normalized spacial score (nSPS) is 10.7. The van der Waals surface area contributed by atoms with Crippen LogP contribution in [-0.4, -0.2) is 6.29 Å². The molecule has 1 aromatic carbocycles. The van der Waals surface area contributed by atoms with Crippen LogP contribution in [0.3, 0.4) is 0 Å². The smallest absolute Gasteiger partial charge is 0.161 e. The summed E-state index contributed by atoms with van der Waals surface area (Å²) in [5.74, 6) is 0. The monoisotopic (exact) mass is 268 g/mol. The standard InChI is InChI=1S/C11H9BrOS/c1-2-7-4-3-5-8-10(7)11(12)9(6-13)14-8/h3-6H,2H2,1H3. The van der Waals surface area contributed by atoms with Crippen molar-refractivity contribution in [1.29, 1.82) is 0 Å². The average Bonchev–Trinajstić information content (AvgIpc) is 2.55. The van der Waals surface area contributed by atoms with E-state index < -0.39 is 0 Å². The van der Waals surface area contributed by atoms with Crippen LogP contribution in [0.2, 0.25) is 0 Å². The molecule has 2 rings (SSSR count). The Balaban J connectivity index is 2.85. The zero-order chi connectivity index (χ0) is 10.1. The van der Waals surface area contributed by atoms with E-state index in [1.165, 1.54) is 27.0 Å². The van der Waals surface area contributed by atoms with Gasteiger partial charge in [-0.25, -0.2) is 0 Å². The number of carbonyl (C=O) groups excluding carboxylic acids is 1. The zero-order valence-electron chi connectivity index (χ0n) is 7.71. The zero-order valence-corrected chi connectivity index (χ0v) is 10.1. The van der Waals surface area contributed by atoms with Gasteiger partial charge in [0.2, 0.25) is 0 Å². The van der Waals surface area contributed by atoms with Crippen LogP contribution < -0.4 is 0 Å². The van der Waals surface area contributed by atoms with E-state index in [0.717, 1.165) is 22.1 Å². The second-order valence-electron chi connectivity index (χ2n) is 3.04. The second-order valence-corrected chi connectivity index (χ2v) is 4.92. The highest BCUT2D eigenvalue weighted by molar-refractivity contribution is 9.10. The van der Waals surface area contributed by atoms with Gasteiger partial charge in [-0.2, -0.15) is 0 Å². The van der Waals surface area contributed by atoms with E-state index in [4.69, 9.17) is 0 Å². The Hall–Kier alpha value is -0.670. The Morgan fingerprint density at radius 1 is 1.50 bits per heavy atom. The van der Waals surface area contributed by atoms with Crippen molar-refractivity contribution >= 4 is 43.6 Å². The summed E-state index contributed by atoms with van der Waals surface area (Å²) in [6.07, 6.45) is 1.90. The second kappa shape index (κ2) is 3.83. The summed E-state index contributed by atoms with van der Waals surface area (Å²) in [4.78, 5) is 11.6. The molecule has 0 aliphatic rings. The maximum Gasteiger partial charge on any atom is 0.161 e. The molecule has 0 fully saturated rings. The summed E-state index contributed by atoms with van der Waals surface area (Å²) in [6, 6.07) is 6.20. The number of benzene rings is 1. The molecule has 1 nitrogen and oxygen atoms in total. The number of rotatable bonds is 2. The first kappa shape index (κ1) is 9.87. The first-order chi connectivity index (χ1) is 6.77. The summed E-state index contributed by atoms with van der Waals surface area (Å²) >= 11 is 5.02. The van der Waals surface area contributed by atoms with Crippen LogP contribution in [0.15, 0.2) is 22.7 Å². The van der Waals surface area contributed by atoms with Gasteiger partial charge in [-0.1, -0.05) is 19.1 Å². The SMILES string of the molecule is CCc1cccc2sc(C=O)c(Br)c12. The van der Waals surface area contributed by atoms with Gasteiger partial charge in [0, 0.05) is 14.6 Å². The molecule has 1 heterocycles. The molecule has 14 heavy (non-hydrogen) atoms. The van der Waals surface area contributed by atoms with Crippen LogP contribution in [-0.2, 0) is 6.42 Å². The molecule has 0 atom stereocenters. The number of aldehydes is 1. The summed E-state index contributed by atoms with van der Waals surface area (Å²) in [5.41, 5.74) is 1.29. The predicted molar refractivity (Wildman–Crippen MR) is 64.3 cm³/mol. The molecular weight excluding hydrogens is 260 g/mol. The van der Waals surface area contributed by atoms with E-state index in [0.29, 0.717) is 0 Å². The summed E-state index contributed by atoms with van der Waals surface area (Å²) < 4.78 is 2.13. The number of thiophene rings is 1. The Morgan fingerprint density at radius 2 is 2.29 bits per heavy atom. The van der Waals surface area contributed by atoms with Gasteiger partial charge in [-0.15, -0.1) is 11.3 Å². The molecule has 0 radical (unpaired) electrons. The summed E-state index contributed by atoms with van der Waals surface area (Å²) in [7, 11) is 0. The fourth-order valence-electron chi connectivity index (χ4n) is 1.57. The van der Waals surface area contributed by atoms with E-state index >= 15 is 0 Å². The lowest BCUT2D eigenvalue weighted by atomic mass is 10.1. The molecule has 1 aromatic heterocycles. The third-order valence-corrected chi connectivity index (χ3v) is 4.42. The van der Waals surface area contributed by atoms with E-state index in [9.17, 15) is 4.79 Å². The Kier molecular flexibility index (Phi) is 2.70. The lowest BCUT2D eigenvalue weighted by molar-refractivity contribution is 0.112. The van der Waals surface area contributed by atoms with Gasteiger partial charge >= 0.3 is 0 Å². The fourth-order valence-corrected chi connectivity index (χ4v) is 3.46. The Morgan fingerprint density at radius 3 is 2.93 bits per heavy atom. The number of halogens is 1. The fraction of sp³-hybridized carbons (Fsp3) is 0.182. The minimum Gasteiger partial charge on any atom is -0.297 e. The molecule has 2 aromatic rings. The largest absolute Gasteiger partial charge is 0.297 e. The molecule has 0 aliphatic carbocycles. The van der Waals surface area contributed by atoms with Gasteiger partial charge in [0.05, 0.1) is 4.88 Å². The molecular formula is C11H9BrOS. The van der Waals surface area contributed by atoms with E-state index in [2.05, 4.69) is 35.0 Å². The Labute approximate surface area is 94.9 Å². The van der Waals surface area contributed by atoms with Crippen molar-refractivity contribution in [1.82, 2.24) is 0 Å². The van der Waals surface area contributed by atoms with Crippen LogP contribution >= 0.6 is 27.3 Å². The lowest BCUT2D eigenvalue weighted by Crippen LogP contribution is -1.80. The predicted octanol–water partition coefficient (Wildman–Crippen LogP) is 4.04. The number of fused-ring (bicyclic) bond motifs is 1. The van der Waals surface area contributed by atoms with Gasteiger partial charge in [0.1, 0.15) is 0 Å². The van der Waals surface area contributed by atoms with Crippen molar-refractivity contribution in [2.24, 2.45) is 0 Å². The van der Waals surface area contributed by atoms with E-state index in [-0.39, 0.29) is 0 Å². The number of carbonyl (C=O) groups is 1. The van der Waals surface area contributed by atoms with Crippen molar-refractivity contribution in [3.63, 3.8) is 0 Å². The van der Waals surface area contributed by atoms with Gasteiger partial charge in [0.25, 0.3) is 0 Å². The lowest BCUT2D eigenvalue weighted by Gasteiger charge is -1.98. The third-order valence-electron chi connectivity index (χ3n) is 2.26. The van der Waals surface area contributed by atoms with Crippen LogP contribution in [0.25, 0.3) is 10.1 Å². The maximum atomic E-state index is 10.8. The first-order valence-electron chi connectivity index (χ1n) is 4.43. The first-order valence-corrected chi connectivity index (χ1v) is 6.04. The summed E-state index contributed by atoms with van der Waals surface area (Å²) in [6.45, 7) is 2.12. The minimum atomic E-state index is 0.779. The molecule has 0 aliphatic heterocycles. The highest BCUT2D eigenvalue weighted by Gasteiger charge is 2.11. The Bertz CT molecular complexity index is 487. The molecule has 72 valence electrons.